The fraction of sp³-hybridized carbons (Fsp3) is 0.190. The number of nitrogens with one attached hydrogen (secondary N) is 1. The van der Waals surface area contributed by atoms with Crippen LogP contribution >= 0.6 is 0 Å². The zero-order valence-electron chi connectivity index (χ0n) is 14.3. The van der Waals surface area contributed by atoms with Crippen molar-refractivity contribution in [2.24, 2.45) is 0 Å². The Morgan fingerprint density at radius 3 is 2.64 bits per heavy atom. The van der Waals surface area contributed by atoms with Gasteiger partial charge in [-0.2, -0.15) is 0 Å². The van der Waals surface area contributed by atoms with Crippen LogP contribution in [0.3, 0.4) is 0 Å². The number of hydrogen-bond acceptors (Lipinski definition) is 4. The van der Waals surface area contributed by atoms with E-state index in [2.05, 4.69) is 22.4 Å². The van der Waals surface area contributed by atoms with E-state index in [-0.39, 0.29) is 0 Å². The maximum atomic E-state index is 5.94. The van der Waals surface area contributed by atoms with Crippen LogP contribution in [-0.4, -0.2) is 12.1 Å². The quantitative estimate of drug-likeness (QED) is 0.677. The van der Waals surface area contributed by atoms with E-state index < -0.39 is 0 Å². The third-order valence-corrected chi connectivity index (χ3v) is 3.85. The molecule has 0 saturated heterocycles. The zero-order valence-corrected chi connectivity index (χ0v) is 14.3. The van der Waals surface area contributed by atoms with Gasteiger partial charge in [-0.3, -0.25) is 4.98 Å². The minimum absolute atomic E-state index is 0.466. The highest BCUT2D eigenvalue weighted by atomic mass is 16.5. The molecule has 1 heterocycles. The molecule has 0 saturated carbocycles. The van der Waals surface area contributed by atoms with Crippen molar-refractivity contribution in [3.63, 3.8) is 0 Å². The minimum atomic E-state index is 0.466. The summed E-state index contributed by atoms with van der Waals surface area (Å²) in [6, 6.07) is 22.0. The highest BCUT2D eigenvalue weighted by Crippen LogP contribution is 2.19. The van der Waals surface area contributed by atoms with Gasteiger partial charge in [-0.1, -0.05) is 36.4 Å². The Balaban J connectivity index is 1.57. The first-order valence-electron chi connectivity index (χ1n) is 8.29. The van der Waals surface area contributed by atoms with Gasteiger partial charge in [-0.25, -0.2) is 0 Å². The molecule has 25 heavy (non-hydrogen) atoms. The smallest absolute Gasteiger partial charge is 0.130 e. The lowest BCUT2D eigenvalue weighted by Gasteiger charge is -2.12. The van der Waals surface area contributed by atoms with Crippen LogP contribution in [0.4, 0.5) is 0 Å². The highest BCUT2D eigenvalue weighted by molar-refractivity contribution is 5.33. The number of ether oxygens (including phenoxy) is 2. The normalized spacial score (nSPS) is 10.4. The topological polar surface area (TPSA) is 43.4 Å². The van der Waals surface area contributed by atoms with E-state index in [0.29, 0.717) is 6.61 Å². The van der Waals surface area contributed by atoms with Crippen molar-refractivity contribution in [1.29, 1.82) is 0 Å². The summed E-state index contributed by atoms with van der Waals surface area (Å²) in [7, 11) is 1.68. The van der Waals surface area contributed by atoms with Crippen LogP contribution in [0.2, 0.25) is 0 Å². The molecule has 1 N–H and O–H groups in total. The van der Waals surface area contributed by atoms with Crippen molar-refractivity contribution in [3.05, 3.63) is 89.7 Å². The fourth-order valence-corrected chi connectivity index (χ4v) is 2.55. The summed E-state index contributed by atoms with van der Waals surface area (Å²) in [5, 5.41) is 3.46. The minimum Gasteiger partial charge on any atom is -0.497 e. The molecule has 0 spiro atoms. The van der Waals surface area contributed by atoms with Crippen molar-refractivity contribution in [3.8, 4) is 11.5 Å². The van der Waals surface area contributed by atoms with E-state index in [1.165, 1.54) is 5.56 Å². The van der Waals surface area contributed by atoms with Gasteiger partial charge < -0.3 is 14.8 Å². The Kier molecular flexibility index (Phi) is 6.01. The van der Waals surface area contributed by atoms with Gasteiger partial charge in [0.1, 0.15) is 18.1 Å². The van der Waals surface area contributed by atoms with Gasteiger partial charge >= 0.3 is 0 Å². The summed E-state index contributed by atoms with van der Waals surface area (Å²) < 4.78 is 11.2. The fourth-order valence-electron chi connectivity index (χ4n) is 2.55. The number of nitrogens with zero attached hydrogens (tertiary/aromatic N) is 1. The summed E-state index contributed by atoms with van der Waals surface area (Å²) in [5.74, 6) is 1.75. The second-order valence-corrected chi connectivity index (χ2v) is 5.67. The third-order valence-electron chi connectivity index (χ3n) is 3.85. The first-order valence-corrected chi connectivity index (χ1v) is 8.29. The van der Waals surface area contributed by atoms with Crippen LogP contribution in [0.25, 0.3) is 0 Å². The highest BCUT2D eigenvalue weighted by Gasteiger charge is 2.04. The van der Waals surface area contributed by atoms with Crippen LogP contribution < -0.4 is 14.8 Å². The first-order chi connectivity index (χ1) is 12.3. The monoisotopic (exact) mass is 334 g/mol. The number of methoxy groups -OCH3 is 1. The van der Waals surface area contributed by atoms with Gasteiger partial charge in [0.25, 0.3) is 0 Å². The van der Waals surface area contributed by atoms with Crippen LogP contribution in [0.15, 0.2) is 72.9 Å². The van der Waals surface area contributed by atoms with Gasteiger partial charge in [0.2, 0.25) is 0 Å². The van der Waals surface area contributed by atoms with Crippen molar-refractivity contribution in [1.82, 2.24) is 10.3 Å². The predicted molar refractivity (Wildman–Crippen MR) is 98.5 cm³/mol. The summed E-state index contributed by atoms with van der Waals surface area (Å²) in [6.45, 7) is 1.97. The molecule has 2 aromatic carbocycles. The number of aromatic nitrogens is 1. The molecule has 3 aromatic rings. The van der Waals surface area contributed by atoms with Gasteiger partial charge in [0.15, 0.2) is 0 Å². The molecular weight excluding hydrogens is 312 g/mol. The molecule has 0 unspecified atom stereocenters. The zero-order chi connectivity index (χ0) is 17.3. The van der Waals surface area contributed by atoms with E-state index >= 15 is 0 Å². The lowest BCUT2D eigenvalue weighted by Crippen LogP contribution is -2.13. The molecule has 1 aromatic heterocycles. The molecule has 0 amide bonds. The van der Waals surface area contributed by atoms with Crippen molar-refractivity contribution in [2.75, 3.05) is 7.11 Å². The molecule has 0 bridgehead atoms. The van der Waals surface area contributed by atoms with Crippen LogP contribution in [0, 0.1) is 0 Å². The largest absolute Gasteiger partial charge is 0.497 e. The molecule has 0 atom stereocenters. The van der Waals surface area contributed by atoms with Crippen LogP contribution in [0.5, 0.6) is 11.5 Å². The number of benzene rings is 2. The molecule has 0 aliphatic carbocycles. The second kappa shape index (κ2) is 8.85. The van der Waals surface area contributed by atoms with E-state index in [0.717, 1.165) is 35.8 Å². The molecule has 0 aliphatic heterocycles. The Bertz CT molecular complexity index is 791. The van der Waals surface area contributed by atoms with E-state index in [1.807, 2.05) is 54.6 Å². The Morgan fingerprint density at radius 1 is 0.920 bits per heavy atom. The maximum absolute atomic E-state index is 5.94. The molecule has 4 nitrogen and oxygen atoms in total. The predicted octanol–water partition coefficient (Wildman–Crippen LogP) is 3.96. The van der Waals surface area contributed by atoms with Gasteiger partial charge in [0.05, 0.1) is 12.8 Å². The summed E-state index contributed by atoms with van der Waals surface area (Å²) in [6.07, 6.45) is 1.78. The van der Waals surface area contributed by atoms with Gasteiger partial charge in [-0.15, -0.1) is 0 Å². The number of para-hydroxylation sites is 1. The summed E-state index contributed by atoms with van der Waals surface area (Å²) in [4.78, 5) is 4.29. The van der Waals surface area contributed by atoms with Gasteiger partial charge in [-0.05, 0) is 35.9 Å². The average molecular weight is 334 g/mol. The molecular formula is C21H22N2O2. The molecule has 128 valence electrons. The lowest BCUT2D eigenvalue weighted by molar-refractivity contribution is 0.297. The Labute approximate surface area is 148 Å². The Hall–Kier alpha value is -2.85. The SMILES string of the molecule is COc1cccc(CNCc2ccccc2OCc2ccccn2)c1. The van der Waals surface area contributed by atoms with Crippen LogP contribution in [-0.2, 0) is 19.7 Å². The van der Waals surface area contributed by atoms with Crippen molar-refractivity contribution in [2.45, 2.75) is 19.7 Å². The molecule has 3 rings (SSSR count). The van der Waals surface area contributed by atoms with Crippen molar-refractivity contribution >= 4 is 0 Å². The Morgan fingerprint density at radius 2 is 1.80 bits per heavy atom. The summed E-state index contributed by atoms with van der Waals surface area (Å²) >= 11 is 0. The molecule has 0 fully saturated rings. The van der Waals surface area contributed by atoms with Gasteiger partial charge in [0, 0.05) is 24.8 Å². The molecule has 0 radical (unpaired) electrons. The number of hydrogen-bond donors (Lipinski definition) is 1. The van der Waals surface area contributed by atoms with E-state index in [1.54, 1.807) is 13.3 Å². The van der Waals surface area contributed by atoms with Crippen LogP contribution in [0.1, 0.15) is 16.8 Å². The molecule has 0 aliphatic rings. The van der Waals surface area contributed by atoms with E-state index in [9.17, 15) is 0 Å². The summed E-state index contributed by atoms with van der Waals surface area (Å²) in [5.41, 5.74) is 3.23. The third kappa shape index (κ3) is 5.06. The molecule has 4 heteroatoms. The second-order valence-electron chi connectivity index (χ2n) is 5.67. The number of pyridine rings is 1. The lowest BCUT2D eigenvalue weighted by atomic mass is 10.2. The average Bonchev–Trinajstić information content (AvgIpc) is 2.68. The first kappa shape index (κ1) is 17.0. The van der Waals surface area contributed by atoms with Crippen molar-refractivity contribution < 1.29 is 9.47 Å². The standard InChI is InChI=1S/C21H22N2O2/c1-24-20-10-6-7-17(13-20)14-22-15-18-8-2-3-11-21(18)25-16-19-9-4-5-12-23-19/h2-13,22H,14-16H2,1H3. The van der Waals surface area contributed by atoms with E-state index in [4.69, 9.17) is 9.47 Å². The maximum Gasteiger partial charge on any atom is 0.130 e. The number of rotatable bonds is 8.